The molecule has 0 saturated carbocycles. The van der Waals surface area contributed by atoms with Gasteiger partial charge in [-0.1, -0.05) is 32.0 Å². The number of fused-ring (bicyclic) bond motifs is 1. The molecule has 0 bridgehead atoms. The molecule has 3 heterocycles. The fourth-order valence-corrected chi connectivity index (χ4v) is 4.45. The quantitative estimate of drug-likeness (QED) is 0.839. The molecule has 1 aromatic carbocycles. The molecule has 142 valence electrons. The lowest BCUT2D eigenvalue weighted by molar-refractivity contribution is -0.133. The van der Waals surface area contributed by atoms with Gasteiger partial charge in [0.05, 0.1) is 23.5 Å². The van der Waals surface area contributed by atoms with E-state index in [0.29, 0.717) is 12.2 Å². The number of aryl methyl sites for hydroxylation is 1. The van der Waals surface area contributed by atoms with Gasteiger partial charge in [0.15, 0.2) is 0 Å². The molecule has 4 rings (SSSR count). The third-order valence-corrected chi connectivity index (χ3v) is 5.74. The SMILES string of the molecule is Cc1nn(-c2ccccc2)c2c1C(C)N(C1CCN(C(=O)C(C)C)C1)C2=O. The van der Waals surface area contributed by atoms with Crippen molar-refractivity contribution in [2.75, 3.05) is 13.1 Å². The fraction of sp³-hybridized carbons (Fsp3) is 0.476. The summed E-state index contributed by atoms with van der Waals surface area (Å²) >= 11 is 0. The Morgan fingerprint density at radius 1 is 1.22 bits per heavy atom. The Balaban J connectivity index is 1.65. The second kappa shape index (κ2) is 6.51. The molecule has 0 aliphatic carbocycles. The zero-order valence-electron chi connectivity index (χ0n) is 16.3. The van der Waals surface area contributed by atoms with Crippen molar-refractivity contribution >= 4 is 11.8 Å². The van der Waals surface area contributed by atoms with Gasteiger partial charge in [0.2, 0.25) is 5.91 Å². The summed E-state index contributed by atoms with van der Waals surface area (Å²) in [5.41, 5.74) is 3.47. The standard InChI is InChI=1S/C21H26N4O2/c1-13(2)20(26)23-11-10-17(12-23)24-15(4)18-14(3)22-25(19(18)21(24)27)16-8-6-5-7-9-16/h5-9,13,15,17H,10-12H2,1-4H3. The number of amides is 2. The van der Waals surface area contributed by atoms with Crippen LogP contribution in [0.3, 0.4) is 0 Å². The average Bonchev–Trinajstić information content (AvgIpc) is 3.32. The number of para-hydroxylation sites is 1. The molecule has 2 aliphatic rings. The lowest BCUT2D eigenvalue weighted by atomic mass is 10.1. The Morgan fingerprint density at radius 3 is 2.59 bits per heavy atom. The first kappa shape index (κ1) is 17.8. The smallest absolute Gasteiger partial charge is 0.273 e. The second-order valence-corrected chi connectivity index (χ2v) is 7.86. The average molecular weight is 366 g/mol. The van der Waals surface area contributed by atoms with Crippen LogP contribution in [0, 0.1) is 12.8 Å². The van der Waals surface area contributed by atoms with Crippen LogP contribution in [0.1, 0.15) is 55.0 Å². The Labute approximate surface area is 159 Å². The van der Waals surface area contributed by atoms with E-state index >= 15 is 0 Å². The van der Waals surface area contributed by atoms with E-state index in [-0.39, 0.29) is 29.8 Å². The molecule has 2 unspecified atom stereocenters. The molecule has 2 aliphatic heterocycles. The molecule has 0 radical (unpaired) electrons. The van der Waals surface area contributed by atoms with Crippen molar-refractivity contribution in [2.24, 2.45) is 5.92 Å². The van der Waals surface area contributed by atoms with Gasteiger partial charge in [-0.05, 0) is 32.4 Å². The van der Waals surface area contributed by atoms with Crippen molar-refractivity contribution in [1.82, 2.24) is 19.6 Å². The molecular weight excluding hydrogens is 340 g/mol. The summed E-state index contributed by atoms with van der Waals surface area (Å²) < 4.78 is 1.77. The van der Waals surface area contributed by atoms with Crippen molar-refractivity contribution in [1.29, 1.82) is 0 Å². The maximum Gasteiger partial charge on any atom is 0.273 e. The van der Waals surface area contributed by atoms with E-state index in [9.17, 15) is 9.59 Å². The molecule has 6 nitrogen and oxygen atoms in total. The Bertz CT molecular complexity index is 887. The molecule has 1 aromatic heterocycles. The van der Waals surface area contributed by atoms with Crippen molar-refractivity contribution in [3.05, 3.63) is 47.3 Å². The predicted octanol–water partition coefficient (Wildman–Crippen LogP) is 2.95. The first-order valence-corrected chi connectivity index (χ1v) is 9.66. The Hall–Kier alpha value is -2.63. The van der Waals surface area contributed by atoms with Crippen LogP contribution in [-0.2, 0) is 4.79 Å². The van der Waals surface area contributed by atoms with Crippen molar-refractivity contribution in [3.8, 4) is 5.69 Å². The summed E-state index contributed by atoms with van der Waals surface area (Å²) in [6, 6.07) is 9.82. The molecule has 0 N–H and O–H groups in total. The van der Waals surface area contributed by atoms with Crippen LogP contribution in [-0.4, -0.2) is 50.5 Å². The van der Waals surface area contributed by atoms with Crippen molar-refractivity contribution in [2.45, 2.75) is 46.2 Å². The van der Waals surface area contributed by atoms with Crippen LogP contribution in [0.25, 0.3) is 5.69 Å². The van der Waals surface area contributed by atoms with Crippen LogP contribution in [0.15, 0.2) is 30.3 Å². The van der Waals surface area contributed by atoms with Crippen LogP contribution >= 0.6 is 0 Å². The molecular formula is C21H26N4O2. The van der Waals surface area contributed by atoms with Crippen LogP contribution in [0.2, 0.25) is 0 Å². The summed E-state index contributed by atoms with van der Waals surface area (Å²) in [6.45, 7) is 9.23. The highest BCUT2D eigenvalue weighted by atomic mass is 16.2. The summed E-state index contributed by atoms with van der Waals surface area (Å²) in [5.74, 6) is 0.174. The summed E-state index contributed by atoms with van der Waals surface area (Å²) in [5, 5.41) is 4.64. The van der Waals surface area contributed by atoms with Crippen LogP contribution in [0.4, 0.5) is 0 Å². The molecule has 2 atom stereocenters. The maximum atomic E-state index is 13.4. The van der Waals surface area contributed by atoms with Gasteiger partial charge in [-0.3, -0.25) is 9.59 Å². The van der Waals surface area contributed by atoms with E-state index in [1.807, 2.05) is 60.9 Å². The summed E-state index contributed by atoms with van der Waals surface area (Å²) in [6.07, 6.45) is 0.830. The van der Waals surface area contributed by atoms with E-state index in [1.54, 1.807) is 4.68 Å². The fourth-order valence-electron chi connectivity index (χ4n) is 4.45. The summed E-state index contributed by atoms with van der Waals surface area (Å²) in [4.78, 5) is 29.6. The van der Waals surface area contributed by atoms with Gasteiger partial charge in [0.25, 0.3) is 5.91 Å². The number of hydrogen-bond acceptors (Lipinski definition) is 3. The van der Waals surface area contributed by atoms with Gasteiger partial charge in [0, 0.05) is 24.6 Å². The minimum Gasteiger partial charge on any atom is -0.340 e. The number of likely N-dealkylation sites (tertiary alicyclic amines) is 1. The third kappa shape index (κ3) is 2.74. The number of carbonyl (C=O) groups excluding carboxylic acids is 2. The van der Waals surface area contributed by atoms with Crippen molar-refractivity contribution in [3.63, 3.8) is 0 Å². The monoisotopic (exact) mass is 366 g/mol. The molecule has 1 saturated heterocycles. The molecule has 2 aromatic rings. The van der Waals surface area contributed by atoms with Crippen LogP contribution in [0.5, 0.6) is 0 Å². The predicted molar refractivity (Wildman–Crippen MR) is 103 cm³/mol. The third-order valence-electron chi connectivity index (χ3n) is 5.74. The van der Waals surface area contributed by atoms with Gasteiger partial charge >= 0.3 is 0 Å². The number of hydrogen-bond donors (Lipinski definition) is 0. The van der Waals surface area contributed by atoms with E-state index in [4.69, 9.17) is 0 Å². The highest BCUT2D eigenvalue weighted by Crippen LogP contribution is 2.39. The highest BCUT2D eigenvalue weighted by molar-refractivity contribution is 5.98. The minimum absolute atomic E-state index is 0.0125. The van der Waals surface area contributed by atoms with E-state index in [1.165, 1.54) is 0 Å². The van der Waals surface area contributed by atoms with E-state index in [2.05, 4.69) is 12.0 Å². The lowest BCUT2D eigenvalue weighted by Crippen LogP contribution is -2.41. The zero-order chi connectivity index (χ0) is 19.3. The van der Waals surface area contributed by atoms with Gasteiger partial charge in [-0.15, -0.1) is 0 Å². The Morgan fingerprint density at radius 2 is 1.93 bits per heavy atom. The number of rotatable bonds is 3. The number of nitrogens with zero attached hydrogens (tertiary/aromatic N) is 4. The number of carbonyl (C=O) groups is 2. The largest absolute Gasteiger partial charge is 0.340 e. The number of aromatic nitrogens is 2. The molecule has 6 heteroatoms. The first-order chi connectivity index (χ1) is 12.9. The van der Waals surface area contributed by atoms with Crippen LogP contribution < -0.4 is 0 Å². The lowest BCUT2D eigenvalue weighted by Gasteiger charge is -2.29. The van der Waals surface area contributed by atoms with Crippen molar-refractivity contribution < 1.29 is 9.59 Å². The highest BCUT2D eigenvalue weighted by Gasteiger charge is 2.45. The molecule has 0 spiro atoms. The van der Waals surface area contributed by atoms with Gasteiger partial charge in [0.1, 0.15) is 5.69 Å². The summed E-state index contributed by atoms with van der Waals surface area (Å²) in [7, 11) is 0. The van der Waals surface area contributed by atoms with Gasteiger partial charge in [-0.25, -0.2) is 4.68 Å². The van der Waals surface area contributed by atoms with E-state index < -0.39 is 0 Å². The maximum absolute atomic E-state index is 13.4. The second-order valence-electron chi connectivity index (χ2n) is 7.86. The topological polar surface area (TPSA) is 58.4 Å². The zero-order valence-corrected chi connectivity index (χ0v) is 16.3. The Kier molecular flexibility index (Phi) is 4.29. The molecule has 1 fully saturated rings. The van der Waals surface area contributed by atoms with Gasteiger partial charge < -0.3 is 9.80 Å². The molecule has 2 amide bonds. The van der Waals surface area contributed by atoms with Gasteiger partial charge in [-0.2, -0.15) is 5.10 Å². The minimum atomic E-state index is -0.0240. The normalized spacial score (nSPS) is 22.0. The molecule has 27 heavy (non-hydrogen) atoms. The first-order valence-electron chi connectivity index (χ1n) is 9.66. The number of benzene rings is 1. The van der Waals surface area contributed by atoms with E-state index in [0.717, 1.165) is 29.9 Å².